The van der Waals surface area contributed by atoms with Crippen LogP contribution in [0.4, 0.5) is 0 Å². The van der Waals surface area contributed by atoms with Crippen LogP contribution in [0.3, 0.4) is 0 Å². The molecule has 0 bridgehead atoms. The summed E-state index contributed by atoms with van der Waals surface area (Å²) in [5, 5.41) is 17.2. The summed E-state index contributed by atoms with van der Waals surface area (Å²) in [5.74, 6) is -2.70. The largest absolute Gasteiger partial charge is 0.383 e. The maximum atomic E-state index is 10.7. The molecule has 0 heterocycles. The minimum atomic E-state index is -3.73. The highest BCUT2D eigenvalue weighted by Gasteiger charge is 2.30. The third-order valence-electron chi connectivity index (χ3n) is 1.07. The van der Waals surface area contributed by atoms with Crippen LogP contribution in [-0.4, -0.2) is 26.8 Å². The summed E-state index contributed by atoms with van der Waals surface area (Å²) in [7, 11) is -3.73. The summed E-state index contributed by atoms with van der Waals surface area (Å²) >= 11 is 0. The fraction of sp³-hybridized carbons (Fsp3) is 1.00. The third kappa shape index (κ3) is 2.06. The Kier molecular flexibility index (Phi) is 2.83. The minimum absolute atomic E-state index is 1.17. The van der Waals surface area contributed by atoms with E-state index < -0.39 is 19.1 Å². The van der Waals surface area contributed by atoms with Crippen molar-refractivity contribution in [3.63, 3.8) is 0 Å². The number of hydrogen-bond acceptors (Lipinski definition) is 3. The highest BCUT2D eigenvalue weighted by molar-refractivity contribution is 7.58. The van der Waals surface area contributed by atoms with Crippen molar-refractivity contribution in [1.29, 1.82) is 0 Å². The minimum Gasteiger partial charge on any atom is -0.383 e. The molecule has 0 spiro atoms. The second-order valence-corrected chi connectivity index (χ2v) is 4.78. The van der Waals surface area contributed by atoms with E-state index >= 15 is 0 Å². The molecule has 4 nitrogen and oxygen atoms in total. The number of aliphatic hydroxyl groups excluding tert-OH is 2. The van der Waals surface area contributed by atoms with Gasteiger partial charge in [-0.05, 0) is 13.8 Å². The van der Waals surface area contributed by atoms with Gasteiger partial charge in [-0.1, -0.05) is 0 Å². The van der Waals surface area contributed by atoms with Crippen molar-refractivity contribution in [1.82, 2.24) is 0 Å². The zero-order valence-corrected chi connectivity index (χ0v) is 6.25. The van der Waals surface area contributed by atoms with Gasteiger partial charge in [0, 0.05) is 0 Å². The van der Waals surface area contributed by atoms with E-state index in [4.69, 9.17) is 15.1 Å². The van der Waals surface area contributed by atoms with Crippen LogP contribution in [0.5, 0.6) is 0 Å². The van der Waals surface area contributed by atoms with Crippen molar-refractivity contribution in [2.24, 2.45) is 0 Å². The van der Waals surface area contributed by atoms with Gasteiger partial charge < -0.3 is 15.1 Å². The standard InChI is InChI=1S/C4H11O4P/c1-3(5)9(7,8)4(2)6/h3-6H,1-2H3,(H,7,8). The first-order valence-corrected chi connectivity index (χ1v) is 4.37. The SMILES string of the molecule is CC(O)P(=O)(O)C(C)O. The van der Waals surface area contributed by atoms with Crippen molar-refractivity contribution in [3.05, 3.63) is 0 Å². The van der Waals surface area contributed by atoms with Gasteiger partial charge in [-0.15, -0.1) is 0 Å². The number of aliphatic hydroxyl groups is 2. The van der Waals surface area contributed by atoms with E-state index in [9.17, 15) is 4.57 Å². The Morgan fingerprint density at radius 3 is 1.44 bits per heavy atom. The molecule has 5 heteroatoms. The maximum Gasteiger partial charge on any atom is 0.255 e. The molecule has 3 N–H and O–H groups in total. The Balaban J connectivity index is 4.21. The molecule has 56 valence electrons. The Morgan fingerprint density at radius 2 is 1.44 bits per heavy atom. The zero-order valence-electron chi connectivity index (χ0n) is 5.35. The van der Waals surface area contributed by atoms with Crippen LogP contribution in [0, 0.1) is 0 Å². The van der Waals surface area contributed by atoms with Gasteiger partial charge in [-0.3, -0.25) is 4.57 Å². The third-order valence-corrected chi connectivity index (χ3v) is 3.21. The average Bonchev–Trinajstić information content (AvgIpc) is 1.65. The first-order chi connectivity index (χ1) is 3.89. The predicted octanol–water partition coefficient (Wildman–Crippen LogP) is -0.0666. The summed E-state index contributed by atoms with van der Waals surface area (Å²) in [4.78, 5) is 8.72. The Hall–Kier alpha value is 0.110. The number of rotatable bonds is 2. The smallest absolute Gasteiger partial charge is 0.255 e. The molecule has 0 aromatic rings. The summed E-state index contributed by atoms with van der Waals surface area (Å²) in [6.07, 6.45) is 0. The molecule has 0 aromatic heterocycles. The lowest BCUT2D eigenvalue weighted by Crippen LogP contribution is -2.11. The highest BCUT2D eigenvalue weighted by Crippen LogP contribution is 2.48. The average molecular weight is 154 g/mol. The van der Waals surface area contributed by atoms with Crippen LogP contribution in [-0.2, 0) is 4.57 Å². The maximum absolute atomic E-state index is 10.7. The molecule has 0 aliphatic rings. The molecule has 0 aromatic carbocycles. The van der Waals surface area contributed by atoms with Crippen LogP contribution < -0.4 is 0 Å². The monoisotopic (exact) mass is 154 g/mol. The summed E-state index contributed by atoms with van der Waals surface area (Å²) in [6, 6.07) is 0. The molecule has 0 saturated carbocycles. The van der Waals surface area contributed by atoms with Gasteiger partial charge in [-0.25, -0.2) is 0 Å². The molecule has 0 aliphatic carbocycles. The topological polar surface area (TPSA) is 77.8 Å². The van der Waals surface area contributed by atoms with E-state index in [0.29, 0.717) is 0 Å². The molecule has 0 saturated heterocycles. The number of hydrogen-bond donors (Lipinski definition) is 3. The van der Waals surface area contributed by atoms with Crippen LogP contribution in [0.2, 0.25) is 0 Å². The van der Waals surface area contributed by atoms with Crippen molar-refractivity contribution in [2.75, 3.05) is 0 Å². The molecule has 9 heavy (non-hydrogen) atoms. The van der Waals surface area contributed by atoms with Gasteiger partial charge in [0.1, 0.15) is 11.7 Å². The molecule has 0 rings (SSSR count). The van der Waals surface area contributed by atoms with Crippen molar-refractivity contribution < 1.29 is 19.7 Å². The molecule has 2 unspecified atom stereocenters. The molecule has 2 atom stereocenters. The summed E-state index contributed by atoms with van der Waals surface area (Å²) < 4.78 is 10.7. The fourth-order valence-corrected chi connectivity index (χ4v) is 0.937. The quantitative estimate of drug-likeness (QED) is 0.486. The van der Waals surface area contributed by atoms with Crippen LogP contribution in [0.1, 0.15) is 13.8 Å². The van der Waals surface area contributed by atoms with Gasteiger partial charge in [0.05, 0.1) is 0 Å². The van der Waals surface area contributed by atoms with Crippen molar-refractivity contribution >= 4 is 7.37 Å². The molecule has 0 radical (unpaired) electrons. The van der Waals surface area contributed by atoms with Gasteiger partial charge >= 0.3 is 0 Å². The lowest BCUT2D eigenvalue weighted by Gasteiger charge is -2.16. The van der Waals surface area contributed by atoms with Crippen molar-refractivity contribution in [3.8, 4) is 0 Å². The lowest BCUT2D eigenvalue weighted by atomic mass is 10.9. The Bertz CT molecular complexity index is 119. The molecule has 0 fully saturated rings. The van der Waals surface area contributed by atoms with Crippen LogP contribution >= 0.6 is 7.37 Å². The normalized spacial score (nSPS) is 24.6. The van der Waals surface area contributed by atoms with Gasteiger partial charge in [-0.2, -0.15) is 0 Å². The summed E-state index contributed by atoms with van der Waals surface area (Å²) in [6.45, 7) is 2.35. The van der Waals surface area contributed by atoms with E-state index in [1.165, 1.54) is 13.8 Å². The first-order valence-electron chi connectivity index (χ1n) is 2.57. The zero-order chi connectivity index (χ0) is 7.65. The Morgan fingerprint density at radius 1 is 1.22 bits per heavy atom. The Labute approximate surface area is 53.6 Å². The van der Waals surface area contributed by atoms with Gasteiger partial charge in [0.25, 0.3) is 7.37 Å². The lowest BCUT2D eigenvalue weighted by molar-refractivity contribution is 0.201. The van der Waals surface area contributed by atoms with E-state index in [-0.39, 0.29) is 0 Å². The van der Waals surface area contributed by atoms with Crippen molar-refractivity contribution in [2.45, 2.75) is 25.5 Å². The highest BCUT2D eigenvalue weighted by atomic mass is 31.2. The second kappa shape index (κ2) is 2.80. The first kappa shape index (κ1) is 9.11. The fourth-order valence-electron chi connectivity index (χ4n) is 0.312. The van der Waals surface area contributed by atoms with E-state index in [0.717, 1.165) is 0 Å². The van der Waals surface area contributed by atoms with E-state index in [1.54, 1.807) is 0 Å². The van der Waals surface area contributed by atoms with Gasteiger partial charge in [0.2, 0.25) is 0 Å². The molecule has 0 amide bonds. The van der Waals surface area contributed by atoms with Crippen LogP contribution in [0.25, 0.3) is 0 Å². The summed E-state index contributed by atoms with van der Waals surface area (Å²) in [5.41, 5.74) is 0. The van der Waals surface area contributed by atoms with E-state index in [2.05, 4.69) is 0 Å². The van der Waals surface area contributed by atoms with E-state index in [1.807, 2.05) is 0 Å². The molecular formula is C4H11O4P. The van der Waals surface area contributed by atoms with Gasteiger partial charge in [0.15, 0.2) is 0 Å². The second-order valence-electron chi connectivity index (χ2n) is 1.94. The predicted molar refractivity (Wildman–Crippen MR) is 33.2 cm³/mol. The molecule has 0 aliphatic heterocycles. The van der Waals surface area contributed by atoms with Crippen LogP contribution in [0.15, 0.2) is 0 Å². The molecular weight excluding hydrogens is 143 g/mol.